The van der Waals surface area contributed by atoms with E-state index in [0.717, 1.165) is 12.8 Å². The van der Waals surface area contributed by atoms with E-state index in [1.165, 1.54) is 0 Å². The van der Waals surface area contributed by atoms with Crippen molar-refractivity contribution in [2.75, 3.05) is 36.9 Å². The van der Waals surface area contributed by atoms with E-state index >= 15 is 0 Å². The minimum absolute atomic E-state index is 0.0435. The van der Waals surface area contributed by atoms with Gasteiger partial charge in [-0.15, -0.1) is 0 Å². The average molecular weight is 375 g/mol. The number of nitrogens with zero attached hydrogens (tertiary/aromatic N) is 1. The molecule has 7 nitrogen and oxygen atoms in total. The van der Waals surface area contributed by atoms with E-state index in [9.17, 15) is 14.4 Å². The van der Waals surface area contributed by atoms with Gasteiger partial charge in [0.15, 0.2) is 0 Å². The van der Waals surface area contributed by atoms with Crippen LogP contribution in [-0.4, -0.2) is 48.9 Å². The topological polar surface area (TPSA) is 87.7 Å². The number of nitrogens with one attached hydrogen (secondary N) is 2. The number of carbonyl (C=O) groups is 3. The Kier molecular flexibility index (Phi) is 7.79. The first-order valence-electron chi connectivity index (χ1n) is 9.48. The molecule has 0 radical (unpaired) electrons. The summed E-state index contributed by atoms with van der Waals surface area (Å²) in [6.07, 6.45) is 1.44. The summed E-state index contributed by atoms with van der Waals surface area (Å²) >= 11 is 0. The van der Waals surface area contributed by atoms with Crippen LogP contribution in [0.4, 0.5) is 11.4 Å². The van der Waals surface area contributed by atoms with E-state index in [1.54, 1.807) is 24.3 Å². The number of rotatable bonds is 7. The summed E-state index contributed by atoms with van der Waals surface area (Å²) in [6, 6.07) is 7.06. The number of anilines is 2. The predicted molar refractivity (Wildman–Crippen MR) is 104 cm³/mol. The molecular weight excluding hydrogens is 346 g/mol. The van der Waals surface area contributed by atoms with Crippen LogP contribution in [0.15, 0.2) is 24.3 Å². The molecule has 1 aromatic carbocycles. The molecule has 2 amide bonds. The zero-order chi connectivity index (χ0) is 19.8. The lowest BCUT2D eigenvalue weighted by atomic mass is 9.97. The second-order valence-electron chi connectivity index (χ2n) is 7.07. The molecule has 1 heterocycles. The maximum absolute atomic E-state index is 12.2. The Hall–Kier alpha value is -2.41. The zero-order valence-corrected chi connectivity index (χ0v) is 16.3. The summed E-state index contributed by atoms with van der Waals surface area (Å²) in [5.41, 5.74) is 1.39. The second kappa shape index (κ2) is 10.1. The zero-order valence-electron chi connectivity index (χ0n) is 16.3. The number of carbonyl (C=O) groups excluding carboxylic acids is 3. The van der Waals surface area contributed by atoms with Crippen molar-refractivity contribution in [1.29, 1.82) is 0 Å². The Morgan fingerprint density at radius 1 is 1.07 bits per heavy atom. The van der Waals surface area contributed by atoms with Gasteiger partial charge in [0.2, 0.25) is 11.8 Å². The lowest BCUT2D eigenvalue weighted by Gasteiger charge is -2.30. The number of ether oxygens (including phenoxy) is 1. The van der Waals surface area contributed by atoms with Crippen LogP contribution in [0.1, 0.15) is 33.6 Å². The first-order valence-corrected chi connectivity index (χ1v) is 9.48. The summed E-state index contributed by atoms with van der Waals surface area (Å²) in [5.74, 6) is -0.414. The Morgan fingerprint density at radius 3 is 2.15 bits per heavy atom. The molecule has 0 bridgehead atoms. The average Bonchev–Trinajstić information content (AvgIpc) is 2.64. The van der Waals surface area contributed by atoms with E-state index in [4.69, 9.17) is 4.74 Å². The quantitative estimate of drug-likeness (QED) is 0.715. The Morgan fingerprint density at radius 2 is 1.63 bits per heavy atom. The molecule has 1 aliphatic rings. The van der Waals surface area contributed by atoms with Crippen LogP contribution >= 0.6 is 0 Å². The fourth-order valence-corrected chi connectivity index (χ4v) is 2.91. The molecule has 0 aliphatic carbocycles. The van der Waals surface area contributed by atoms with E-state index in [-0.39, 0.29) is 29.6 Å². The van der Waals surface area contributed by atoms with Crippen molar-refractivity contribution < 1.29 is 19.1 Å². The van der Waals surface area contributed by atoms with Crippen molar-refractivity contribution in [3.63, 3.8) is 0 Å². The first-order chi connectivity index (χ1) is 12.9. The van der Waals surface area contributed by atoms with Gasteiger partial charge in [0.05, 0.1) is 19.1 Å². The summed E-state index contributed by atoms with van der Waals surface area (Å²) in [7, 11) is 0. The smallest absolute Gasteiger partial charge is 0.309 e. The molecular formula is C20H29N3O4. The number of hydrogen-bond donors (Lipinski definition) is 2. The number of amides is 2. The van der Waals surface area contributed by atoms with Crippen molar-refractivity contribution in [3.8, 4) is 0 Å². The van der Waals surface area contributed by atoms with Gasteiger partial charge >= 0.3 is 5.97 Å². The Bertz CT molecular complexity index is 650. The van der Waals surface area contributed by atoms with Gasteiger partial charge in [-0.25, -0.2) is 0 Å². The van der Waals surface area contributed by atoms with E-state index < -0.39 is 0 Å². The highest BCUT2D eigenvalue weighted by molar-refractivity contribution is 5.94. The maximum Gasteiger partial charge on any atom is 0.309 e. The minimum Gasteiger partial charge on any atom is -0.466 e. The summed E-state index contributed by atoms with van der Waals surface area (Å²) < 4.78 is 5.06. The lowest BCUT2D eigenvalue weighted by molar-refractivity contribution is -0.149. The fraction of sp³-hybridized carbons (Fsp3) is 0.550. The third kappa shape index (κ3) is 6.67. The van der Waals surface area contributed by atoms with Crippen molar-refractivity contribution in [3.05, 3.63) is 24.3 Å². The normalized spacial score (nSPS) is 15.4. The van der Waals surface area contributed by atoms with Crippen LogP contribution < -0.4 is 10.6 Å². The molecule has 0 aromatic heterocycles. The third-order valence-electron chi connectivity index (χ3n) is 4.54. The fourth-order valence-electron chi connectivity index (χ4n) is 2.91. The molecule has 1 aliphatic heterocycles. The summed E-state index contributed by atoms with van der Waals surface area (Å²) in [6.45, 7) is 7.58. The molecule has 0 atom stereocenters. The lowest BCUT2D eigenvalue weighted by Crippen LogP contribution is -2.41. The summed E-state index contributed by atoms with van der Waals surface area (Å²) in [4.78, 5) is 37.7. The van der Waals surface area contributed by atoms with Gasteiger partial charge in [0.1, 0.15) is 0 Å². The van der Waals surface area contributed by atoms with E-state index in [1.807, 2.05) is 25.7 Å². The van der Waals surface area contributed by atoms with Gasteiger partial charge < -0.3 is 15.4 Å². The van der Waals surface area contributed by atoms with Crippen LogP contribution in [0.2, 0.25) is 0 Å². The minimum atomic E-state index is -0.133. The highest BCUT2D eigenvalue weighted by Gasteiger charge is 2.26. The van der Waals surface area contributed by atoms with Gasteiger partial charge in [-0.3, -0.25) is 19.3 Å². The van der Waals surface area contributed by atoms with Gasteiger partial charge in [-0.2, -0.15) is 0 Å². The van der Waals surface area contributed by atoms with Gasteiger partial charge in [-0.05, 0) is 57.1 Å². The number of esters is 1. The number of hydrogen-bond acceptors (Lipinski definition) is 5. The van der Waals surface area contributed by atoms with E-state index in [0.29, 0.717) is 37.6 Å². The molecule has 148 valence electrons. The van der Waals surface area contributed by atoms with Crippen molar-refractivity contribution >= 4 is 29.2 Å². The Labute approximate surface area is 160 Å². The van der Waals surface area contributed by atoms with Gasteiger partial charge in [0, 0.05) is 17.3 Å². The van der Waals surface area contributed by atoms with Crippen molar-refractivity contribution in [2.45, 2.75) is 33.6 Å². The van der Waals surface area contributed by atoms with Gasteiger partial charge in [0.25, 0.3) is 0 Å². The molecule has 27 heavy (non-hydrogen) atoms. The number of likely N-dealkylation sites (tertiary alicyclic amines) is 1. The largest absolute Gasteiger partial charge is 0.466 e. The molecule has 1 fully saturated rings. The second-order valence-corrected chi connectivity index (χ2v) is 7.07. The molecule has 0 saturated carbocycles. The van der Waals surface area contributed by atoms with Crippen LogP contribution in [0.5, 0.6) is 0 Å². The molecule has 0 unspecified atom stereocenters. The molecule has 2 rings (SSSR count). The maximum atomic E-state index is 12.2. The highest BCUT2D eigenvalue weighted by Crippen LogP contribution is 2.19. The van der Waals surface area contributed by atoms with Crippen molar-refractivity contribution in [2.24, 2.45) is 11.8 Å². The monoisotopic (exact) mass is 375 g/mol. The SMILES string of the molecule is CCOC(=O)C1CCN(CC(=O)Nc2ccc(NC(=O)C(C)C)cc2)CC1. The first kappa shape index (κ1) is 20.9. The van der Waals surface area contributed by atoms with Crippen LogP contribution in [0.25, 0.3) is 0 Å². The molecule has 2 N–H and O–H groups in total. The summed E-state index contributed by atoms with van der Waals surface area (Å²) in [5, 5.41) is 5.67. The molecule has 1 saturated heterocycles. The standard InChI is InChI=1S/C20H29N3O4/c1-4-27-20(26)15-9-11-23(12-10-15)13-18(24)21-16-5-7-17(8-6-16)22-19(25)14(2)3/h5-8,14-15H,4,9-13H2,1-3H3,(H,21,24)(H,22,25). The number of benzene rings is 1. The van der Waals surface area contributed by atoms with Crippen LogP contribution in [0.3, 0.4) is 0 Å². The van der Waals surface area contributed by atoms with Gasteiger partial charge in [-0.1, -0.05) is 13.8 Å². The predicted octanol–water partition coefficient (Wildman–Crippen LogP) is 2.49. The number of piperidine rings is 1. The van der Waals surface area contributed by atoms with Crippen molar-refractivity contribution in [1.82, 2.24) is 4.90 Å². The van der Waals surface area contributed by atoms with E-state index in [2.05, 4.69) is 10.6 Å². The molecule has 1 aromatic rings. The highest BCUT2D eigenvalue weighted by atomic mass is 16.5. The van der Waals surface area contributed by atoms with Crippen LogP contribution in [-0.2, 0) is 19.1 Å². The van der Waals surface area contributed by atoms with Crippen LogP contribution in [0, 0.1) is 11.8 Å². The Balaban J connectivity index is 1.76. The molecule has 7 heteroatoms. The molecule has 0 spiro atoms. The third-order valence-corrected chi connectivity index (χ3v) is 4.54.